The van der Waals surface area contributed by atoms with E-state index in [-0.39, 0.29) is 11.3 Å². The Bertz CT molecular complexity index is 1720. The molecular formula is C29H27F3N6O4. The van der Waals surface area contributed by atoms with Crippen molar-refractivity contribution in [3.63, 3.8) is 0 Å². The van der Waals surface area contributed by atoms with Gasteiger partial charge in [0.1, 0.15) is 5.75 Å². The first-order chi connectivity index (χ1) is 19.7. The van der Waals surface area contributed by atoms with E-state index in [1.165, 1.54) is 5.56 Å². The fraction of sp³-hybridized carbons (Fsp3) is 0.207. The van der Waals surface area contributed by atoms with E-state index in [4.69, 9.17) is 14.6 Å². The highest BCUT2D eigenvalue weighted by Crippen LogP contribution is 2.32. The lowest BCUT2D eigenvalue weighted by atomic mass is 9.87. The van der Waals surface area contributed by atoms with Crippen molar-refractivity contribution < 1.29 is 32.6 Å². The van der Waals surface area contributed by atoms with E-state index in [0.717, 1.165) is 11.3 Å². The first kappa shape index (κ1) is 29.8. The number of ether oxygens (including phenoxy) is 1. The van der Waals surface area contributed by atoms with E-state index >= 15 is 0 Å². The summed E-state index contributed by atoms with van der Waals surface area (Å²) in [6.07, 6.45) is -1.67. The van der Waals surface area contributed by atoms with Gasteiger partial charge in [-0.25, -0.2) is 14.3 Å². The van der Waals surface area contributed by atoms with E-state index in [9.17, 15) is 18.0 Å². The second kappa shape index (κ2) is 11.7. The molecule has 0 aliphatic heterocycles. The Labute approximate surface area is 238 Å². The number of aliphatic carboxylic acids is 1. The maximum Gasteiger partial charge on any atom is 0.490 e. The van der Waals surface area contributed by atoms with E-state index in [0.29, 0.717) is 28.7 Å². The summed E-state index contributed by atoms with van der Waals surface area (Å²) in [5.41, 5.74) is 4.20. The largest absolute Gasteiger partial charge is 0.490 e. The van der Waals surface area contributed by atoms with Crippen LogP contribution < -0.4 is 10.1 Å². The van der Waals surface area contributed by atoms with Gasteiger partial charge in [-0.05, 0) is 47.4 Å². The third kappa shape index (κ3) is 7.11. The van der Waals surface area contributed by atoms with Crippen molar-refractivity contribution in [3.8, 4) is 22.9 Å². The molecule has 10 nitrogen and oxygen atoms in total. The van der Waals surface area contributed by atoms with Gasteiger partial charge in [0, 0.05) is 30.4 Å². The topological polar surface area (TPSA) is 124 Å². The lowest BCUT2D eigenvalue weighted by molar-refractivity contribution is -0.192. The number of amides is 1. The zero-order valence-corrected chi connectivity index (χ0v) is 23.0. The molecule has 3 aromatic heterocycles. The summed E-state index contributed by atoms with van der Waals surface area (Å²) in [5, 5.41) is 18.7. The molecule has 0 saturated heterocycles. The van der Waals surface area contributed by atoms with Crippen molar-refractivity contribution in [2.45, 2.75) is 32.4 Å². The van der Waals surface area contributed by atoms with Crippen LogP contribution in [0.1, 0.15) is 36.7 Å². The first-order valence-corrected chi connectivity index (χ1v) is 12.6. The Morgan fingerprint density at radius 3 is 2.21 bits per heavy atom. The Kier molecular flexibility index (Phi) is 8.31. The molecule has 0 radical (unpaired) electrons. The Morgan fingerprint density at radius 2 is 1.62 bits per heavy atom. The number of rotatable bonds is 5. The number of para-hydroxylation sites is 1. The predicted octanol–water partition coefficient (Wildman–Crippen LogP) is 6.11. The molecule has 13 heteroatoms. The molecule has 0 spiro atoms. The minimum atomic E-state index is -5.08. The molecule has 0 bridgehead atoms. The molecule has 0 aliphatic rings. The molecule has 0 unspecified atom stereocenters. The maximum absolute atomic E-state index is 12.7. The number of carbonyl (C=O) groups excluding carboxylic acids is 1. The van der Waals surface area contributed by atoms with E-state index in [1.54, 1.807) is 33.7 Å². The number of hydrogen-bond acceptors (Lipinski definition) is 6. The first-order valence-electron chi connectivity index (χ1n) is 12.6. The average molecular weight is 581 g/mol. The number of benzene rings is 2. The van der Waals surface area contributed by atoms with Crippen LogP contribution >= 0.6 is 0 Å². The third-order valence-electron chi connectivity index (χ3n) is 5.99. The van der Waals surface area contributed by atoms with Crippen LogP contribution in [0.4, 0.5) is 19.0 Å². The molecule has 0 atom stereocenters. The lowest BCUT2D eigenvalue weighted by Crippen LogP contribution is -2.21. The summed E-state index contributed by atoms with van der Waals surface area (Å²) < 4.78 is 41.2. The number of alkyl halides is 3. The molecule has 2 aromatic carbocycles. The van der Waals surface area contributed by atoms with Gasteiger partial charge in [0.25, 0.3) is 5.91 Å². The maximum atomic E-state index is 12.7. The average Bonchev–Trinajstić information content (AvgIpc) is 3.53. The smallest absolute Gasteiger partial charge is 0.475 e. The molecule has 0 aliphatic carbocycles. The van der Waals surface area contributed by atoms with Crippen LogP contribution in [-0.2, 0) is 17.3 Å². The Balaban J connectivity index is 0.000000517. The molecule has 42 heavy (non-hydrogen) atoms. The number of carboxylic acids is 1. The van der Waals surface area contributed by atoms with E-state index in [1.807, 2.05) is 61.6 Å². The van der Waals surface area contributed by atoms with Crippen LogP contribution in [0.2, 0.25) is 0 Å². The van der Waals surface area contributed by atoms with Crippen molar-refractivity contribution in [1.29, 1.82) is 0 Å². The fourth-order valence-electron chi connectivity index (χ4n) is 3.81. The van der Waals surface area contributed by atoms with Gasteiger partial charge in [-0.3, -0.25) is 9.48 Å². The van der Waals surface area contributed by atoms with Crippen molar-refractivity contribution in [2.24, 2.45) is 7.05 Å². The fourth-order valence-corrected chi connectivity index (χ4v) is 3.81. The predicted molar refractivity (Wildman–Crippen MR) is 148 cm³/mol. The lowest BCUT2D eigenvalue weighted by Gasteiger charge is -2.18. The molecule has 0 saturated carbocycles. The number of carboxylic acid groups (broad SMARTS) is 1. The minimum absolute atomic E-state index is 0.0281. The second-order valence-electron chi connectivity index (χ2n) is 10.1. The van der Waals surface area contributed by atoms with Crippen LogP contribution in [-0.4, -0.2) is 47.5 Å². The number of aromatic nitrogens is 5. The van der Waals surface area contributed by atoms with Crippen LogP contribution in [0.15, 0.2) is 79.1 Å². The Morgan fingerprint density at radius 1 is 0.952 bits per heavy atom. The molecule has 2 N–H and O–H groups in total. The van der Waals surface area contributed by atoms with Gasteiger partial charge in [0.05, 0.1) is 11.9 Å². The van der Waals surface area contributed by atoms with Gasteiger partial charge in [-0.1, -0.05) is 45.0 Å². The van der Waals surface area contributed by atoms with Gasteiger partial charge < -0.3 is 15.2 Å². The molecule has 5 rings (SSSR count). The van der Waals surface area contributed by atoms with Gasteiger partial charge in [-0.2, -0.15) is 18.3 Å². The number of hydrogen-bond donors (Lipinski definition) is 2. The van der Waals surface area contributed by atoms with Crippen molar-refractivity contribution >= 4 is 23.3 Å². The Hall–Kier alpha value is -5.20. The van der Waals surface area contributed by atoms with Crippen molar-refractivity contribution in [3.05, 3.63) is 90.3 Å². The molecule has 5 aromatic rings. The number of imidazole rings is 1. The molecular weight excluding hydrogens is 553 g/mol. The van der Waals surface area contributed by atoms with Gasteiger partial charge in [-0.15, -0.1) is 5.10 Å². The van der Waals surface area contributed by atoms with Crippen LogP contribution in [0.3, 0.4) is 0 Å². The molecule has 3 heterocycles. The quantitative estimate of drug-likeness (QED) is 0.257. The summed E-state index contributed by atoms with van der Waals surface area (Å²) in [6, 6.07) is 20.8. The number of anilines is 1. The van der Waals surface area contributed by atoms with Gasteiger partial charge >= 0.3 is 12.1 Å². The highest BCUT2D eigenvalue weighted by molar-refractivity contribution is 6.03. The molecule has 0 fully saturated rings. The van der Waals surface area contributed by atoms with Crippen molar-refractivity contribution in [1.82, 2.24) is 24.4 Å². The molecule has 218 valence electrons. The standard InChI is InChI=1S/C27H26N6O2.C2HF3O2/c1-27(2,3)19-11-9-18(10-12-19)26(34)30-23-17-33-24(29-23)13-14-25(31-33)35-22-8-6-5-7-20(22)21-15-16-28-32(21)4;3-2(4,5)1(6)7/h5-17H,1-4H3,(H,30,34);(H,6,7). The minimum Gasteiger partial charge on any atom is -0.475 e. The summed E-state index contributed by atoms with van der Waals surface area (Å²) in [7, 11) is 1.89. The van der Waals surface area contributed by atoms with E-state index in [2.05, 4.69) is 41.3 Å². The zero-order valence-electron chi connectivity index (χ0n) is 23.0. The summed E-state index contributed by atoms with van der Waals surface area (Å²) in [6.45, 7) is 6.42. The van der Waals surface area contributed by atoms with Crippen molar-refractivity contribution in [2.75, 3.05) is 5.32 Å². The monoisotopic (exact) mass is 580 g/mol. The highest BCUT2D eigenvalue weighted by Gasteiger charge is 2.38. The summed E-state index contributed by atoms with van der Waals surface area (Å²) >= 11 is 0. The number of nitrogens with one attached hydrogen (secondary N) is 1. The highest BCUT2D eigenvalue weighted by atomic mass is 19.4. The summed E-state index contributed by atoms with van der Waals surface area (Å²) in [5.74, 6) is -1.51. The SMILES string of the molecule is Cn1nccc1-c1ccccc1Oc1ccc2nc(NC(=O)c3ccc(C(C)(C)C)cc3)cn2n1.O=C(O)C(F)(F)F. The zero-order chi connectivity index (χ0) is 30.7. The number of halogens is 3. The number of carbonyl (C=O) groups is 2. The normalized spacial score (nSPS) is 11.5. The van der Waals surface area contributed by atoms with Crippen LogP contribution in [0, 0.1) is 0 Å². The van der Waals surface area contributed by atoms with Gasteiger partial charge in [0.2, 0.25) is 5.88 Å². The number of nitrogens with zero attached hydrogens (tertiary/aromatic N) is 5. The number of aryl methyl sites for hydroxylation is 1. The van der Waals surface area contributed by atoms with Crippen LogP contribution in [0.5, 0.6) is 11.6 Å². The van der Waals surface area contributed by atoms with E-state index < -0.39 is 12.1 Å². The van der Waals surface area contributed by atoms with Gasteiger partial charge in [0.15, 0.2) is 11.5 Å². The van der Waals surface area contributed by atoms with Crippen LogP contribution in [0.25, 0.3) is 16.9 Å². The number of fused-ring (bicyclic) bond motifs is 1. The third-order valence-corrected chi connectivity index (χ3v) is 5.99. The second-order valence-corrected chi connectivity index (χ2v) is 10.1. The molecule has 1 amide bonds. The summed E-state index contributed by atoms with van der Waals surface area (Å²) in [4.78, 5) is 26.1.